The van der Waals surface area contributed by atoms with Crippen molar-refractivity contribution in [2.75, 3.05) is 5.73 Å². The first kappa shape index (κ1) is 8.45. The number of rotatable bonds is 2. The summed E-state index contributed by atoms with van der Waals surface area (Å²) in [5.41, 5.74) is 6.33. The van der Waals surface area contributed by atoms with E-state index in [-0.39, 0.29) is 11.4 Å². The smallest absolute Gasteiger partial charge is 0.310 e. The molecule has 64 valence electrons. The second-order valence-electron chi connectivity index (χ2n) is 2.34. The summed E-state index contributed by atoms with van der Waals surface area (Å²) in [5.74, 6) is 0. The molecule has 1 aromatic heterocycles. The molecule has 0 bridgehead atoms. The zero-order chi connectivity index (χ0) is 9.14. The lowest BCUT2D eigenvalue weighted by Gasteiger charge is -2.00. The van der Waals surface area contributed by atoms with Crippen LogP contribution in [0.2, 0.25) is 0 Å². The number of aromatic nitrogens is 1. The topological polar surface area (TPSA) is 82.0 Å². The van der Waals surface area contributed by atoms with E-state index >= 15 is 0 Å². The summed E-state index contributed by atoms with van der Waals surface area (Å²) in [4.78, 5) is 13.6. The number of anilines is 1. The van der Waals surface area contributed by atoms with E-state index in [0.717, 1.165) is 6.20 Å². The Hall–Kier alpha value is -1.65. The predicted octanol–water partition coefficient (Wildman–Crippen LogP) is 1.13. The van der Waals surface area contributed by atoms with Gasteiger partial charge in [-0.1, -0.05) is 6.92 Å². The van der Waals surface area contributed by atoms with Gasteiger partial charge in [0.25, 0.3) is 0 Å². The van der Waals surface area contributed by atoms with Gasteiger partial charge in [0.05, 0.1) is 4.92 Å². The van der Waals surface area contributed by atoms with Gasteiger partial charge in [0.1, 0.15) is 11.9 Å². The SMILES string of the molecule is CCc1cncc([N+](=O)[O-])c1N. The number of nitrogen functional groups attached to an aromatic ring is 1. The van der Waals surface area contributed by atoms with Crippen LogP contribution in [0.15, 0.2) is 12.4 Å². The molecule has 0 aromatic carbocycles. The van der Waals surface area contributed by atoms with Crippen molar-refractivity contribution in [1.29, 1.82) is 0 Å². The molecular weight excluding hydrogens is 158 g/mol. The minimum atomic E-state index is -0.526. The van der Waals surface area contributed by atoms with Gasteiger partial charge in [-0.15, -0.1) is 0 Å². The summed E-state index contributed by atoms with van der Waals surface area (Å²) < 4.78 is 0. The number of nitrogens with zero attached hydrogens (tertiary/aromatic N) is 2. The molecule has 0 aliphatic rings. The summed E-state index contributed by atoms with van der Waals surface area (Å²) in [6.07, 6.45) is 3.36. The van der Waals surface area contributed by atoms with Crippen molar-refractivity contribution in [3.63, 3.8) is 0 Å². The maximum atomic E-state index is 10.4. The third-order valence-electron chi connectivity index (χ3n) is 1.63. The summed E-state index contributed by atoms with van der Waals surface area (Å²) in [6, 6.07) is 0. The minimum Gasteiger partial charge on any atom is -0.393 e. The Morgan fingerprint density at radius 3 is 2.83 bits per heavy atom. The molecule has 0 aliphatic heterocycles. The van der Waals surface area contributed by atoms with Crippen LogP contribution in [-0.2, 0) is 6.42 Å². The number of nitro groups is 1. The van der Waals surface area contributed by atoms with Gasteiger partial charge in [-0.3, -0.25) is 15.1 Å². The molecule has 0 radical (unpaired) electrons. The van der Waals surface area contributed by atoms with Gasteiger partial charge in [-0.05, 0) is 6.42 Å². The van der Waals surface area contributed by atoms with Crippen LogP contribution in [-0.4, -0.2) is 9.91 Å². The van der Waals surface area contributed by atoms with Crippen molar-refractivity contribution < 1.29 is 4.92 Å². The first-order chi connectivity index (χ1) is 5.66. The molecule has 5 nitrogen and oxygen atoms in total. The molecule has 0 atom stereocenters. The first-order valence-electron chi connectivity index (χ1n) is 3.53. The number of aryl methyl sites for hydroxylation is 1. The molecule has 1 rings (SSSR count). The van der Waals surface area contributed by atoms with Gasteiger partial charge in [0, 0.05) is 11.8 Å². The number of pyridine rings is 1. The summed E-state index contributed by atoms with van der Waals surface area (Å²) in [5, 5.41) is 10.4. The minimum absolute atomic E-state index is 0.116. The lowest BCUT2D eigenvalue weighted by Crippen LogP contribution is -2.00. The van der Waals surface area contributed by atoms with Gasteiger partial charge < -0.3 is 5.73 Å². The van der Waals surface area contributed by atoms with Crippen molar-refractivity contribution in [3.8, 4) is 0 Å². The molecule has 2 N–H and O–H groups in total. The quantitative estimate of drug-likeness (QED) is 0.528. The second kappa shape index (κ2) is 3.17. The van der Waals surface area contributed by atoms with Gasteiger partial charge in [0.2, 0.25) is 0 Å². The van der Waals surface area contributed by atoms with E-state index in [0.29, 0.717) is 12.0 Å². The molecule has 1 aromatic rings. The van der Waals surface area contributed by atoms with E-state index < -0.39 is 4.92 Å². The van der Waals surface area contributed by atoms with Gasteiger partial charge in [-0.2, -0.15) is 0 Å². The van der Waals surface area contributed by atoms with Gasteiger partial charge in [-0.25, -0.2) is 0 Å². The summed E-state index contributed by atoms with van der Waals surface area (Å²) >= 11 is 0. The van der Waals surface area contributed by atoms with Crippen molar-refractivity contribution in [2.24, 2.45) is 0 Å². The average Bonchev–Trinajstić information content (AvgIpc) is 2.04. The average molecular weight is 167 g/mol. The molecule has 0 fully saturated rings. The van der Waals surface area contributed by atoms with Crippen LogP contribution in [0.5, 0.6) is 0 Å². The fraction of sp³-hybridized carbons (Fsp3) is 0.286. The Morgan fingerprint density at radius 2 is 2.33 bits per heavy atom. The maximum Gasteiger partial charge on any atom is 0.310 e. The predicted molar refractivity (Wildman–Crippen MR) is 44.7 cm³/mol. The summed E-state index contributed by atoms with van der Waals surface area (Å²) in [7, 11) is 0. The third-order valence-corrected chi connectivity index (χ3v) is 1.63. The Kier molecular flexibility index (Phi) is 2.23. The lowest BCUT2D eigenvalue weighted by atomic mass is 10.2. The van der Waals surface area contributed by atoms with Crippen molar-refractivity contribution in [2.45, 2.75) is 13.3 Å². The van der Waals surface area contributed by atoms with E-state index in [2.05, 4.69) is 4.98 Å². The van der Waals surface area contributed by atoms with Crippen LogP contribution < -0.4 is 5.73 Å². The number of hydrogen-bond donors (Lipinski definition) is 1. The van der Waals surface area contributed by atoms with Crippen LogP contribution in [0.25, 0.3) is 0 Å². The standard InChI is InChI=1S/C7H9N3O2/c1-2-5-3-9-4-6(7(5)8)10(11)12/h3-4H,2H2,1H3,(H2,8,9). The fourth-order valence-corrected chi connectivity index (χ4v) is 0.929. The van der Waals surface area contributed by atoms with Gasteiger partial charge in [0.15, 0.2) is 0 Å². The van der Waals surface area contributed by atoms with Crippen LogP contribution in [0.3, 0.4) is 0 Å². The van der Waals surface area contributed by atoms with Crippen molar-refractivity contribution >= 4 is 11.4 Å². The Bertz CT molecular complexity index is 312. The highest BCUT2D eigenvalue weighted by Crippen LogP contribution is 2.23. The normalized spacial score (nSPS) is 9.75. The molecule has 0 amide bonds. The first-order valence-corrected chi connectivity index (χ1v) is 3.53. The summed E-state index contributed by atoms with van der Waals surface area (Å²) in [6.45, 7) is 1.87. The third kappa shape index (κ3) is 1.34. The Balaban J connectivity index is 3.23. The van der Waals surface area contributed by atoms with Crippen LogP contribution in [0.4, 0.5) is 11.4 Å². The van der Waals surface area contributed by atoms with E-state index in [9.17, 15) is 10.1 Å². The fourth-order valence-electron chi connectivity index (χ4n) is 0.929. The number of nitrogens with two attached hydrogens (primary N) is 1. The monoisotopic (exact) mass is 167 g/mol. The molecule has 0 saturated carbocycles. The molecule has 1 heterocycles. The molecule has 0 aliphatic carbocycles. The Labute approximate surface area is 69.4 Å². The van der Waals surface area contributed by atoms with Crippen LogP contribution >= 0.6 is 0 Å². The van der Waals surface area contributed by atoms with Crippen molar-refractivity contribution in [1.82, 2.24) is 4.98 Å². The van der Waals surface area contributed by atoms with Crippen LogP contribution in [0.1, 0.15) is 12.5 Å². The van der Waals surface area contributed by atoms with E-state index in [1.807, 2.05) is 6.92 Å². The second-order valence-corrected chi connectivity index (χ2v) is 2.34. The van der Waals surface area contributed by atoms with Gasteiger partial charge >= 0.3 is 5.69 Å². The van der Waals surface area contributed by atoms with E-state index in [1.54, 1.807) is 6.20 Å². The molecule has 0 saturated heterocycles. The molecule has 5 heteroatoms. The molecule has 0 spiro atoms. The zero-order valence-corrected chi connectivity index (χ0v) is 6.65. The van der Waals surface area contributed by atoms with E-state index in [1.165, 1.54) is 0 Å². The highest BCUT2D eigenvalue weighted by Gasteiger charge is 2.13. The van der Waals surface area contributed by atoms with Crippen molar-refractivity contribution in [3.05, 3.63) is 28.1 Å². The zero-order valence-electron chi connectivity index (χ0n) is 6.65. The highest BCUT2D eigenvalue weighted by atomic mass is 16.6. The largest absolute Gasteiger partial charge is 0.393 e. The molecular formula is C7H9N3O2. The Morgan fingerprint density at radius 1 is 1.67 bits per heavy atom. The molecule has 0 unspecified atom stereocenters. The lowest BCUT2D eigenvalue weighted by molar-refractivity contribution is -0.384. The highest BCUT2D eigenvalue weighted by molar-refractivity contribution is 5.61. The van der Waals surface area contributed by atoms with E-state index in [4.69, 9.17) is 5.73 Å². The maximum absolute atomic E-state index is 10.4. The van der Waals surface area contributed by atoms with Crippen LogP contribution in [0, 0.1) is 10.1 Å². The number of hydrogen-bond acceptors (Lipinski definition) is 4. The molecule has 12 heavy (non-hydrogen) atoms.